The normalized spacial score (nSPS) is 48.8. The fourth-order valence-electron chi connectivity index (χ4n) is 7.75. The van der Waals surface area contributed by atoms with E-state index in [1.54, 1.807) is 24.3 Å². The van der Waals surface area contributed by atoms with Gasteiger partial charge >= 0.3 is 0 Å². The van der Waals surface area contributed by atoms with Crippen molar-refractivity contribution in [1.29, 1.82) is 0 Å². The molecule has 200 valence electrons. The molecule has 0 radical (unpaired) electrons. The van der Waals surface area contributed by atoms with Crippen LogP contribution >= 0.6 is 21.6 Å². The van der Waals surface area contributed by atoms with Gasteiger partial charge in [-0.15, -0.1) is 0 Å². The lowest BCUT2D eigenvalue weighted by Gasteiger charge is -2.58. The van der Waals surface area contributed by atoms with Crippen LogP contribution in [0, 0.1) is 5.41 Å². The Bertz CT molecular complexity index is 1450. The molecule has 5 fully saturated rings. The Kier molecular flexibility index (Phi) is 3.95. The van der Waals surface area contributed by atoms with E-state index in [2.05, 4.69) is 5.32 Å². The van der Waals surface area contributed by atoms with Crippen LogP contribution in [0.3, 0.4) is 0 Å². The summed E-state index contributed by atoms with van der Waals surface area (Å²) in [6.07, 6.45) is -5.36. The van der Waals surface area contributed by atoms with Gasteiger partial charge in [-0.25, -0.2) is 0 Å². The quantitative estimate of drug-likeness (QED) is 0.263. The van der Waals surface area contributed by atoms with Gasteiger partial charge in [0.25, 0.3) is 11.8 Å². The van der Waals surface area contributed by atoms with Crippen LogP contribution in [0.15, 0.2) is 35.6 Å². The fraction of sp³-hybridized carbons (Fsp3) is 0.560. The van der Waals surface area contributed by atoms with Gasteiger partial charge in [0.1, 0.15) is 30.2 Å². The number of rotatable bonds is 0. The third kappa shape index (κ3) is 1.96. The van der Waals surface area contributed by atoms with Crippen molar-refractivity contribution < 1.29 is 39.5 Å². The van der Waals surface area contributed by atoms with Gasteiger partial charge < -0.3 is 35.4 Å². The van der Waals surface area contributed by atoms with Gasteiger partial charge in [-0.05, 0) is 34.6 Å². The molecule has 9 atom stereocenters. The van der Waals surface area contributed by atoms with Gasteiger partial charge in [0.15, 0.2) is 17.0 Å². The van der Waals surface area contributed by atoms with Crippen molar-refractivity contribution in [1.82, 2.24) is 9.80 Å². The van der Waals surface area contributed by atoms with E-state index in [-0.39, 0.29) is 18.1 Å². The first-order chi connectivity index (χ1) is 17.8. The molecular formula is C25H25N3O8S2. The molecule has 13 heteroatoms. The number of ether oxygens (including phenoxy) is 1. The van der Waals surface area contributed by atoms with E-state index in [1.165, 1.54) is 0 Å². The zero-order valence-electron chi connectivity index (χ0n) is 20.5. The molecule has 1 aromatic rings. The number of hydrogen-bond acceptors (Lipinski definition) is 11. The average Bonchev–Trinajstić information content (AvgIpc) is 3.44. The SMILES string of the molecule is C[C@H]1OC2=C(C(=O)[C@]3(O)[C@H](C2)N2C(=O)[C@]45SS[C@]2(C(=O)N4[C@@H]2Nc4ccccc4[C@]2(O)[C@@H]5O)[C@H]3O)C1(C)C. The van der Waals surface area contributed by atoms with Crippen LogP contribution in [0.4, 0.5) is 5.69 Å². The van der Waals surface area contributed by atoms with Crippen LogP contribution < -0.4 is 5.32 Å². The second-order valence-electron chi connectivity index (χ2n) is 11.8. The summed E-state index contributed by atoms with van der Waals surface area (Å²) in [6.45, 7) is 5.44. The number of amides is 2. The van der Waals surface area contributed by atoms with Gasteiger partial charge in [0.2, 0.25) is 9.74 Å². The van der Waals surface area contributed by atoms with Crippen LogP contribution in [0.1, 0.15) is 32.8 Å². The van der Waals surface area contributed by atoms with E-state index < -0.39 is 68.4 Å². The van der Waals surface area contributed by atoms with Gasteiger partial charge in [-0.2, -0.15) is 0 Å². The second-order valence-corrected chi connectivity index (χ2v) is 14.4. The number of para-hydroxylation sites is 1. The third-order valence-electron chi connectivity index (χ3n) is 10.0. The maximum absolute atomic E-state index is 14.4. The molecule has 2 bridgehead atoms. The molecule has 0 aromatic heterocycles. The van der Waals surface area contributed by atoms with Crippen molar-refractivity contribution in [3.8, 4) is 0 Å². The number of benzene rings is 1. The topological polar surface area (TPSA) is 160 Å². The molecule has 0 unspecified atom stereocenters. The summed E-state index contributed by atoms with van der Waals surface area (Å²) in [5.74, 6) is -1.95. The molecule has 5 N–H and O–H groups in total. The third-order valence-corrected chi connectivity index (χ3v) is 13.6. The largest absolute Gasteiger partial charge is 0.494 e. The Hall–Kier alpha value is -2.29. The van der Waals surface area contributed by atoms with Crippen LogP contribution in [-0.4, -0.2) is 93.7 Å². The van der Waals surface area contributed by atoms with Crippen molar-refractivity contribution in [3.63, 3.8) is 0 Å². The summed E-state index contributed by atoms with van der Waals surface area (Å²) in [5, 5.41) is 50.5. The second kappa shape index (κ2) is 6.37. The Morgan fingerprint density at radius 2 is 1.58 bits per heavy atom. The van der Waals surface area contributed by atoms with Crippen LogP contribution in [-0.2, 0) is 24.7 Å². The lowest BCUT2D eigenvalue weighted by atomic mass is 9.68. The zero-order chi connectivity index (χ0) is 26.9. The first kappa shape index (κ1) is 23.6. The fourth-order valence-corrected chi connectivity index (χ4v) is 11.7. The monoisotopic (exact) mass is 559 g/mol. The molecule has 0 saturated carbocycles. The maximum atomic E-state index is 14.4. The molecule has 1 aromatic carbocycles. The Morgan fingerprint density at radius 1 is 0.974 bits per heavy atom. The first-order valence-electron chi connectivity index (χ1n) is 12.5. The molecule has 11 nitrogen and oxygen atoms in total. The van der Waals surface area contributed by atoms with Gasteiger partial charge in [-0.3, -0.25) is 19.3 Å². The Morgan fingerprint density at radius 3 is 2.29 bits per heavy atom. The molecular weight excluding hydrogens is 534 g/mol. The van der Waals surface area contributed by atoms with Gasteiger partial charge in [0, 0.05) is 28.7 Å². The predicted molar refractivity (Wildman–Crippen MR) is 134 cm³/mol. The minimum absolute atomic E-state index is 0.0741. The van der Waals surface area contributed by atoms with E-state index in [0.29, 0.717) is 17.0 Å². The lowest BCUT2D eigenvalue weighted by molar-refractivity contribution is -0.171. The van der Waals surface area contributed by atoms with E-state index in [4.69, 9.17) is 4.74 Å². The molecule has 8 aliphatic rings. The minimum atomic E-state index is -2.46. The molecule has 38 heavy (non-hydrogen) atoms. The highest BCUT2D eigenvalue weighted by atomic mass is 33.1. The van der Waals surface area contributed by atoms with Crippen LogP contribution in [0.2, 0.25) is 0 Å². The number of carbonyl (C=O) groups excluding carboxylic acids is 3. The van der Waals surface area contributed by atoms with Crippen molar-refractivity contribution in [2.45, 2.75) is 78.7 Å². The van der Waals surface area contributed by atoms with E-state index in [1.807, 2.05) is 20.8 Å². The Labute approximate surface area is 224 Å². The highest BCUT2D eigenvalue weighted by molar-refractivity contribution is 8.78. The number of hydrogen-bond donors (Lipinski definition) is 5. The number of aliphatic hydroxyl groups excluding tert-OH is 2. The number of piperazine rings is 1. The zero-order valence-corrected chi connectivity index (χ0v) is 22.2. The lowest BCUT2D eigenvalue weighted by Crippen LogP contribution is -2.79. The maximum Gasteiger partial charge on any atom is 0.266 e. The molecule has 9 rings (SSSR count). The number of carbonyl (C=O) groups is 3. The summed E-state index contributed by atoms with van der Waals surface area (Å²) in [6, 6.07) is 5.46. The molecule has 2 amide bonds. The van der Waals surface area contributed by atoms with Gasteiger partial charge in [-0.1, -0.05) is 32.0 Å². The minimum Gasteiger partial charge on any atom is -0.494 e. The highest BCUT2D eigenvalue weighted by Crippen LogP contribution is 2.72. The average molecular weight is 560 g/mol. The number of ketones is 1. The highest BCUT2D eigenvalue weighted by Gasteiger charge is 2.89. The summed E-state index contributed by atoms with van der Waals surface area (Å²) >= 11 is 0. The summed E-state index contributed by atoms with van der Waals surface area (Å²) in [7, 11) is 1.72. The standard InChI is InChI=1S/C25H25N3O8S2/c1-9-21(2,3)14-12(36-9)8-13-23(35,15(14)29)17(31)24-20(33)28-18-22(34,10-6-4-5-7-11(10)26-18)16(30)25(28,38-37-24)19(32)27(13)24/h4-7,9,13,16-18,26,30-31,34-35H,8H2,1-3H3/t9-,13+,16+,17+,18+,22+,23-,24+,25+/m1/s1. The number of fused-ring (bicyclic) bond motifs is 5. The van der Waals surface area contributed by atoms with E-state index in [0.717, 1.165) is 31.4 Å². The van der Waals surface area contributed by atoms with Crippen molar-refractivity contribution >= 4 is 44.9 Å². The molecule has 7 aliphatic heterocycles. The van der Waals surface area contributed by atoms with Crippen molar-refractivity contribution in [2.75, 3.05) is 5.32 Å². The number of nitrogens with one attached hydrogen (secondary N) is 1. The van der Waals surface area contributed by atoms with E-state index in [9.17, 15) is 34.8 Å². The van der Waals surface area contributed by atoms with Crippen molar-refractivity contribution in [3.05, 3.63) is 41.2 Å². The molecule has 7 heterocycles. The summed E-state index contributed by atoms with van der Waals surface area (Å²) in [5.41, 5.74) is -4.11. The smallest absolute Gasteiger partial charge is 0.266 e. The number of anilines is 1. The molecule has 5 saturated heterocycles. The van der Waals surface area contributed by atoms with Crippen LogP contribution in [0.25, 0.3) is 0 Å². The number of nitrogens with zero attached hydrogens (tertiary/aromatic N) is 2. The Balaban J connectivity index is 1.31. The number of Topliss-reactive ketones (excluding diaryl/α,β-unsaturated/α-hetero) is 1. The van der Waals surface area contributed by atoms with E-state index >= 15 is 0 Å². The number of aliphatic hydroxyl groups is 4. The van der Waals surface area contributed by atoms with Crippen molar-refractivity contribution in [2.24, 2.45) is 5.41 Å². The van der Waals surface area contributed by atoms with Gasteiger partial charge in [0.05, 0.1) is 6.04 Å². The predicted octanol–water partition coefficient (Wildman–Crippen LogP) is -0.395. The molecule has 1 aliphatic carbocycles. The van der Waals surface area contributed by atoms with Crippen LogP contribution in [0.5, 0.6) is 0 Å². The first-order valence-corrected chi connectivity index (χ1v) is 14.6. The molecule has 2 spiro atoms. The summed E-state index contributed by atoms with van der Waals surface area (Å²) < 4.78 is 6.00. The summed E-state index contributed by atoms with van der Waals surface area (Å²) in [4.78, 5) is 41.1.